The normalized spacial score (nSPS) is 23.4. The lowest BCUT2D eigenvalue weighted by Gasteiger charge is -2.58. The van der Waals surface area contributed by atoms with E-state index in [1.165, 1.54) is 6.07 Å². The standard InChI is InChI=1S/C62H69F2N9O11S/c1-36(2)83-54-6-4-3-5-43(54)53-32-70(58-45-33-80-23-12-42(45)46(63)29-47(58)64)19-20-71(53)40-30-62(31-40)14-17-69(18-15-62)39-7-8-44(50(26-39)72-49-13-24-81-35-56(49)84-61-52(72)25-38-9-16-65-59(38)67-61)60(74)68-85(77,78)41-27-51(73(75)76)57-55(28-41)82-34-48(66-57)37-10-21-79-22-11-37/h3-9,16,25-29,36-37,40,48-49,53,56,66H,10-15,17-24,30-35H2,1-2H3,(H,65,67)(H,68,74)/t48-,49-,53-,56-/m0/s1. The lowest BCUT2D eigenvalue weighted by atomic mass is 9.59. The van der Waals surface area contributed by atoms with E-state index in [1.807, 2.05) is 61.2 Å². The molecule has 0 unspecified atom stereocenters. The molecular formula is C62H69F2N9O11S. The highest BCUT2D eigenvalue weighted by Gasteiger charge is 2.51. The number of nitrogens with zero attached hydrogens (tertiary/aromatic N) is 6. The zero-order chi connectivity index (χ0) is 58.3. The van der Waals surface area contributed by atoms with Gasteiger partial charge in [0, 0.05) is 105 Å². The number of nitro benzene ring substituents is 1. The van der Waals surface area contributed by atoms with Crippen molar-refractivity contribution in [3.63, 3.8) is 0 Å². The minimum atomic E-state index is -4.75. The summed E-state index contributed by atoms with van der Waals surface area (Å²) < 4.78 is 98.8. The van der Waals surface area contributed by atoms with Gasteiger partial charge in [0.1, 0.15) is 41.4 Å². The highest BCUT2D eigenvalue weighted by Crippen LogP contribution is 2.55. The molecule has 3 N–H and O–H groups in total. The molecule has 4 atom stereocenters. The van der Waals surface area contributed by atoms with Gasteiger partial charge in [0.15, 0.2) is 11.4 Å². The Morgan fingerprint density at radius 1 is 0.882 bits per heavy atom. The number of piperazine rings is 1. The quantitative estimate of drug-likeness (QED) is 0.0768. The van der Waals surface area contributed by atoms with Crippen LogP contribution in [0.5, 0.6) is 17.4 Å². The van der Waals surface area contributed by atoms with Crippen LogP contribution in [-0.2, 0) is 37.3 Å². The first-order valence-corrected chi connectivity index (χ1v) is 31.3. The Bertz CT molecular complexity index is 3700. The smallest absolute Gasteiger partial charge is 0.297 e. The van der Waals surface area contributed by atoms with Gasteiger partial charge in [0.2, 0.25) is 5.88 Å². The molecule has 0 bridgehead atoms. The van der Waals surface area contributed by atoms with E-state index in [0.29, 0.717) is 98.6 Å². The minimum absolute atomic E-state index is 0.00503. The van der Waals surface area contributed by atoms with Crippen LogP contribution in [0.3, 0.4) is 0 Å². The second-order valence-electron chi connectivity index (χ2n) is 24.3. The van der Waals surface area contributed by atoms with E-state index in [-0.39, 0.29) is 78.4 Å². The van der Waals surface area contributed by atoms with Gasteiger partial charge in [-0.25, -0.2) is 21.9 Å². The van der Waals surface area contributed by atoms with Gasteiger partial charge in [0.25, 0.3) is 21.6 Å². The average molecular weight is 1190 g/mol. The summed E-state index contributed by atoms with van der Waals surface area (Å²) in [7, 11) is -4.75. The van der Waals surface area contributed by atoms with Crippen LogP contribution in [-0.4, -0.2) is 137 Å². The van der Waals surface area contributed by atoms with Crippen molar-refractivity contribution in [2.24, 2.45) is 11.3 Å². The van der Waals surface area contributed by atoms with Crippen molar-refractivity contribution >= 4 is 61.1 Å². The monoisotopic (exact) mass is 1190 g/mol. The van der Waals surface area contributed by atoms with Crippen LogP contribution in [0.25, 0.3) is 11.0 Å². The molecule has 7 aliphatic heterocycles. The molecule has 448 valence electrons. The molecule has 5 fully saturated rings. The fraction of sp³-hybridized carbons (Fsp3) is 0.484. The van der Waals surface area contributed by atoms with Gasteiger partial charge in [-0.05, 0) is 119 Å². The third kappa shape index (κ3) is 10.3. The van der Waals surface area contributed by atoms with E-state index < -0.39 is 49.2 Å². The van der Waals surface area contributed by atoms with Crippen LogP contribution >= 0.6 is 0 Å². The van der Waals surface area contributed by atoms with Crippen LogP contribution in [0.2, 0.25) is 0 Å². The van der Waals surface area contributed by atoms with E-state index in [9.17, 15) is 23.3 Å². The summed E-state index contributed by atoms with van der Waals surface area (Å²) in [5.41, 5.74) is 4.82. The maximum Gasteiger partial charge on any atom is 0.297 e. The molecule has 0 radical (unpaired) electrons. The number of benzene rings is 4. The number of hydrogen-bond donors (Lipinski definition) is 3. The van der Waals surface area contributed by atoms with Crippen molar-refractivity contribution in [1.82, 2.24) is 19.6 Å². The number of hydrogen-bond acceptors (Lipinski definition) is 17. The van der Waals surface area contributed by atoms with Gasteiger partial charge in [-0.3, -0.25) is 19.8 Å². The number of piperidine rings is 1. The molecule has 4 aromatic carbocycles. The number of para-hydroxylation sites is 1. The number of H-pyrrole nitrogens is 1. The molecular weight excluding hydrogens is 1120 g/mol. The Hall–Kier alpha value is -7.31. The van der Waals surface area contributed by atoms with Gasteiger partial charge >= 0.3 is 0 Å². The van der Waals surface area contributed by atoms with Crippen LogP contribution in [0.4, 0.5) is 42.9 Å². The van der Waals surface area contributed by atoms with E-state index >= 15 is 8.78 Å². The Morgan fingerprint density at radius 2 is 1.69 bits per heavy atom. The minimum Gasteiger partial charge on any atom is -0.491 e. The topological polar surface area (TPSA) is 215 Å². The first-order valence-electron chi connectivity index (χ1n) is 29.8. The van der Waals surface area contributed by atoms with E-state index in [2.05, 4.69) is 35.8 Å². The van der Waals surface area contributed by atoms with Gasteiger partial charge in [-0.1, -0.05) is 18.2 Å². The third-order valence-electron chi connectivity index (χ3n) is 19.0. The number of nitro groups is 1. The second-order valence-corrected chi connectivity index (χ2v) is 26.0. The molecule has 1 saturated carbocycles. The lowest BCUT2D eigenvalue weighted by molar-refractivity contribution is -0.384. The van der Waals surface area contributed by atoms with Gasteiger partial charge in [0.05, 0.1) is 70.8 Å². The van der Waals surface area contributed by atoms with Crippen LogP contribution in [0.1, 0.15) is 91.9 Å². The maximum absolute atomic E-state index is 16.0. The van der Waals surface area contributed by atoms with Crippen molar-refractivity contribution in [3.05, 3.63) is 123 Å². The first kappa shape index (κ1) is 55.6. The predicted octanol–water partition coefficient (Wildman–Crippen LogP) is 9.33. The van der Waals surface area contributed by atoms with Crippen LogP contribution < -0.4 is 38.9 Å². The summed E-state index contributed by atoms with van der Waals surface area (Å²) in [5, 5.41) is 16.7. The highest BCUT2D eigenvalue weighted by molar-refractivity contribution is 7.90. The van der Waals surface area contributed by atoms with Crippen molar-refractivity contribution in [1.29, 1.82) is 0 Å². The second kappa shape index (κ2) is 22.2. The van der Waals surface area contributed by atoms with Crippen LogP contribution in [0.15, 0.2) is 83.9 Å². The highest BCUT2D eigenvalue weighted by atomic mass is 32.2. The molecule has 2 aromatic heterocycles. The molecule has 8 aliphatic rings. The number of carbonyl (C=O) groups excluding carboxylic acids is 1. The van der Waals surface area contributed by atoms with Crippen LogP contribution in [0, 0.1) is 33.1 Å². The number of anilines is 5. The fourth-order valence-electron chi connectivity index (χ4n) is 14.7. The number of carbonyl (C=O) groups is 1. The summed E-state index contributed by atoms with van der Waals surface area (Å²) in [4.78, 5) is 43.5. The Morgan fingerprint density at radius 3 is 2.51 bits per heavy atom. The van der Waals surface area contributed by atoms with E-state index in [1.54, 1.807) is 12.3 Å². The molecule has 6 aromatic rings. The summed E-state index contributed by atoms with van der Waals surface area (Å²) in [6.07, 6.45) is 7.43. The predicted molar refractivity (Wildman–Crippen MR) is 313 cm³/mol. The largest absolute Gasteiger partial charge is 0.491 e. The van der Waals surface area contributed by atoms with Crippen molar-refractivity contribution in [2.75, 3.05) is 92.4 Å². The number of halogens is 2. The van der Waals surface area contributed by atoms with Gasteiger partial charge < -0.3 is 53.4 Å². The Balaban J connectivity index is 0.745. The number of fused-ring (bicyclic) bond motifs is 5. The van der Waals surface area contributed by atoms with E-state index in [4.69, 9.17) is 33.4 Å². The molecule has 20 nitrogen and oxygen atoms in total. The van der Waals surface area contributed by atoms with Gasteiger partial charge in [-0.15, -0.1) is 0 Å². The Kier molecular flexibility index (Phi) is 14.5. The summed E-state index contributed by atoms with van der Waals surface area (Å²) in [6, 6.07) is 20.2. The van der Waals surface area contributed by atoms with Gasteiger partial charge in [-0.2, -0.15) is 4.98 Å². The number of sulfonamides is 1. The first-order chi connectivity index (χ1) is 41.2. The summed E-state index contributed by atoms with van der Waals surface area (Å²) in [5.74, 6) is -0.755. The number of pyridine rings is 1. The zero-order valence-corrected chi connectivity index (χ0v) is 48.3. The number of aromatic nitrogens is 2. The molecule has 1 amide bonds. The third-order valence-corrected chi connectivity index (χ3v) is 20.3. The number of rotatable bonds is 12. The molecule has 4 saturated heterocycles. The maximum atomic E-state index is 16.0. The number of nitrogens with one attached hydrogen (secondary N) is 3. The molecule has 14 rings (SSSR count). The molecule has 9 heterocycles. The molecule has 1 spiro atoms. The van der Waals surface area contributed by atoms with Crippen molar-refractivity contribution in [3.8, 4) is 17.4 Å². The Labute approximate surface area is 491 Å². The number of ether oxygens (including phenoxy) is 6. The van der Waals surface area contributed by atoms with Crippen molar-refractivity contribution in [2.45, 2.75) is 113 Å². The SMILES string of the molecule is CC(C)Oc1ccccc1[C@@H]1CN(c2c(F)cc(F)c3c2COCC3)CCN1C1CC2(CCN(c3ccc(C(=O)NS(=O)(=O)c4cc5c(c([N+](=O)[O-])c4)N[C@H](C4CCOCC4)CO5)c(N4c5cc6cc[nH]c6nc5O[C@H]5COCC[C@@H]54)c3)CC2)C1. The van der Waals surface area contributed by atoms with E-state index in [0.717, 1.165) is 86.1 Å². The summed E-state index contributed by atoms with van der Waals surface area (Å²) >= 11 is 0. The molecule has 23 heteroatoms. The zero-order valence-electron chi connectivity index (χ0n) is 47.5. The number of amides is 1. The lowest BCUT2D eigenvalue weighted by Crippen LogP contribution is -2.60. The average Bonchev–Trinajstić information content (AvgIpc) is 3.41. The fourth-order valence-corrected chi connectivity index (χ4v) is 15.7. The van der Waals surface area contributed by atoms with Crippen molar-refractivity contribution < 1.29 is 55.3 Å². The summed E-state index contributed by atoms with van der Waals surface area (Å²) in [6.45, 7) is 9.74. The molecule has 1 aliphatic carbocycles. The number of aromatic amines is 1. The molecule has 85 heavy (non-hydrogen) atoms.